The second-order valence-corrected chi connectivity index (χ2v) is 9.11. The molecule has 3 amide bonds. The average Bonchev–Trinajstić information content (AvgIpc) is 2.86. The molecule has 5 heteroatoms. The van der Waals surface area contributed by atoms with Crippen LogP contribution in [0.25, 0.3) is 0 Å². The van der Waals surface area contributed by atoms with Gasteiger partial charge in [-0.15, -0.1) is 0 Å². The highest BCUT2D eigenvalue weighted by Crippen LogP contribution is 2.29. The van der Waals surface area contributed by atoms with Gasteiger partial charge in [-0.3, -0.25) is 4.79 Å². The first kappa shape index (κ1) is 19.5. The lowest BCUT2D eigenvalue weighted by Crippen LogP contribution is -2.39. The molecule has 2 N–H and O–H groups in total. The Morgan fingerprint density at radius 1 is 1.00 bits per heavy atom. The molecule has 2 aromatic rings. The van der Waals surface area contributed by atoms with Gasteiger partial charge in [-0.2, -0.15) is 0 Å². The lowest BCUT2D eigenvalue weighted by atomic mass is 9.84. The van der Waals surface area contributed by atoms with Gasteiger partial charge in [0, 0.05) is 30.9 Å². The molecular weight excluding hydrogens is 362 g/mol. The molecule has 0 spiro atoms. The zero-order valence-corrected chi connectivity index (χ0v) is 17.5. The Bertz CT molecular complexity index is 959. The zero-order chi connectivity index (χ0) is 20.6. The Kier molecular flexibility index (Phi) is 5.07. The summed E-state index contributed by atoms with van der Waals surface area (Å²) in [6, 6.07) is 12.3. The maximum absolute atomic E-state index is 12.8. The highest BCUT2D eigenvalue weighted by Gasteiger charge is 2.23. The number of carbonyl (C=O) groups is 2. The zero-order valence-electron chi connectivity index (χ0n) is 17.5. The van der Waals surface area contributed by atoms with Gasteiger partial charge < -0.3 is 15.5 Å². The largest absolute Gasteiger partial charge is 0.326 e. The van der Waals surface area contributed by atoms with E-state index in [-0.39, 0.29) is 17.4 Å². The van der Waals surface area contributed by atoms with Crippen molar-refractivity contribution in [2.24, 2.45) is 0 Å². The minimum Gasteiger partial charge on any atom is -0.326 e. The molecule has 0 radical (unpaired) electrons. The summed E-state index contributed by atoms with van der Waals surface area (Å²) in [6.45, 7) is 8.02. The van der Waals surface area contributed by atoms with Crippen LogP contribution in [0.2, 0.25) is 0 Å². The van der Waals surface area contributed by atoms with Gasteiger partial charge in [0.05, 0.1) is 0 Å². The molecule has 4 rings (SSSR count). The summed E-state index contributed by atoms with van der Waals surface area (Å²) in [7, 11) is 0. The fourth-order valence-electron chi connectivity index (χ4n) is 4.05. The molecule has 152 valence electrons. The van der Waals surface area contributed by atoms with E-state index in [4.69, 9.17) is 0 Å². The van der Waals surface area contributed by atoms with E-state index < -0.39 is 0 Å². The van der Waals surface area contributed by atoms with Crippen LogP contribution in [0.4, 0.5) is 16.2 Å². The number of hydrogen-bond acceptors (Lipinski definition) is 2. The summed E-state index contributed by atoms with van der Waals surface area (Å²) < 4.78 is 0. The first-order valence-electron chi connectivity index (χ1n) is 10.4. The minimum atomic E-state index is -0.0758. The number of rotatable bonds is 1. The quantitative estimate of drug-likeness (QED) is 0.730. The molecule has 0 saturated carbocycles. The number of amides is 3. The number of urea groups is 1. The van der Waals surface area contributed by atoms with Gasteiger partial charge in [0.25, 0.3) is 0 Å². The van der Waals surface area contributed by atoms with Crippen LogP contribution in [0, 0.1) is 0 Å². The highest BCUT2D eigenvalue weighted by molar-refractivity contribution is 5.94. The van der Waals surface area contributed by atoms with Crippen molar-refractivity contribution in [2.45, 2.75) is 58.4 Å². The van der Waals surface area contributed by atoms with Crippen LogP contribution in [0.1, 0.15) is 55.9 Å². The van der Waals surface area contributed by atoms with E-state index in [1.807, 2.05) is 23.1 Å². The predicted octanol–water partition coefficient (Wildman–Crippen LogP) is 4.85. The number of anilines is 2. The number of hydrogen-bond donors (Lipinski definition) is 2. The Morgan fingerprint density at radius 2 is 1.83 bits per heavy atom. The van der Waals surface area contributed by atoms with Gasteiger partial charge in [-0.25, -0.2) is 4.79 Å². The van der Waals surface area contributed by atoms with Crippen molar-refractivity contribution in [1.29, 1.82) is 0 Å². The molecule has 0 aliphatic carbocycles. The average molecular weight is 392 g/mol. The molecule has 2 aliphatic rings. The van der Waals surface area contributed by atoms with E-state index >= 15 is 0 Å². The highest BCUT2D eigenvalue weighted by atomic mass is 16.2. The summed E-state index contributed by atoms with van der Waals surface area (Å²) in [5.74, 6) is 0.0575. The lowest BCUT2D eigenvalue weighted by molar-refractivity contribution is -0.116. The van der Waals surface area contributed by atoms with E-state index in [2.05, 4.69) is 49.6 Å². The van der Waals surface area contributed by atoms with Crippen LogP contribution < -0.4 is 10.6 Å². The summed E-state index contributed by atoms with van der Waals surface area (Å²) in [5, 5.41) is 5.96. The lowest BCUT2D eigenvalue weighted by Gasteiger charge is -2.30. The molecular formula is C24H29N3O2. The number of benzene rings is 2. The molecule has 0 fully saturated rings. The summed E-state index contributed by atoms with van der Waals surface area (Å²) in [6.07, 6.45) is 3.09. The van der Waals surface area contributed by atoms with Crippen LogP contribution in [0.5, 0.6) is 0 Å². The van der Waals surface area contributed by atoms with Crippen LogP contribution in [-0.2, 0) is 29.6 Å². The van der Waals surface area contributed by atoms with Gasteiger partial charge in [0.1, 0.15) is 0 Å². The second-order valence-electron chi connectivity index (χ2n) is 9.11. The third-order valence-electron chi connectivity index (χ3n) is 5.85. The fraction of sp³-hybridized carbons (Fsp3) is 0.417. The molecule has 29 heavy (non-hydrogen) atoms. The van der Waals surface area contributed by atoms with Gasteiger partial charge >= 0.3 is 6.03 Å². The fourth-order valence-corrected chi connectivity index (χ4v) is 4.05. The Balaban J connectivity index is 1.45. The van der Waals surface area contributed by atoms with Gasteiger partial charge in [-0.05, 0) is 65.1 Å². The monoisotopic (exact) mass is 391 g/mol. The Morgan fingerprint density at radius 3 is 2.62 bits per heavy atom. The molecule has 0 atom stereocenters. The third kappa shape index (κ3) is 4.29. The Hall–Kier alpha value is -2.82. The predicted molar refractivity (Wildman–Crippen MR) is 116 cm³/mol. The maximum Gasteiger partial charge on any atom is 0.322 e. The van der Waals surface area contributed by atoms with Crippen molar-refractivity contribution in [3.63, 3.8) is 0 Å². The number of fused-ring (bicyclic) bond motifs is 2. The number of aryl methyl sites for hydroxylation is 1. The number of carbonyl (C=O) groups excluding carboxylic acids is 2. The van der Waals surface area contributed by atoms with Crippen LogP contribution in [-0.4, -0.2) is 23.4 Å². The molecule has 0 bridgehead atoms. The van der Waals surface area contributed by atoms with Crippen molar-refractivity contribution in [1.82, 2.24) is 4.90 Å². The summed E-state index contributed by atoms with van der Waals surface area (Å²) in [5.41, 5.74) is 6.75. The molecule has 0 unspecified atom stereocenters. The molecule has 0 aromatic heterocycles. The van der Waals surface area contributed by atoms with Crippen LogP contribution in [0.3, 0.4) is 0 Å². The Labute approximate surface area is 172 Å². The van der Waals surface area contributed by atoms with Crippen molar-refractivity contribution in [3.8, 4) is 0 Å². The van der Waals surface area contributed by atoms with Crippen LogP contribution >= 0.6 is 0 Å². The number of nitrogens with one attached hydrogen (secondary N) is 2. The first-order valence-corrected chi connectivity index (χ1v) is 10.4. The molecule has 2 aliphatic heterocycles. The van der Waals surface area contributed by atoms with E-state index in [1.54, 1.807) is 0 Å². The third-order valence-corrected chi connectivity index (χ3v) is 5.85. The van der Waals surface area contributed by atoms with Crippen molar-refractivity contribution >= 4 is 23.3 Å². The summed E-state index contributed by atoms with van der Waals surface area (Å²) in [4.78, 5) is 26.4. The molecule has 2 aromatic carbocycles. The van der Waals surface area contributed by atoms with Crippen molar-refractivity contribution < 1.29 is 9.59 Å². The van der Waals surface area contributed by atoms with Gasteiger partial charge in [-0.1, -0.05) is 39.0 Å². The van der Waals surface area contributed by atoms with Gasteiger partial charge in [0.2, 0.25) is 5.91 Å². The van der Waals surface area contributed by atoms with E-state index in [9.17, 15) is 9.59 Å². The first-order chi connectivity index (χ1) is 13.8. The maximum atomic E-state index is 12.8. The van der Waals surface area contributed by atoms with E-state index in [1.165, 1.54) is 16.7 Å². The van der Waals surface area contributed by atoms with Crippen LogP contribution in [0.15, 0.2) is 36.4 Å². The standard InChI is InChI=1S/C24H29N3O2/c1-24(2,3)19-8-7-18-15-27(12-11-16(18)13-19)23(29)25-20-9-10-21-17(14-20)5-4-6-22(28)26-21/h7-10,13-14H,4-6,11-12,15H2,1-3H3,(H,25,29)(H,26,28). The SMILES string of the molecule is CC(C)(C)c1ccc2c(c1)CCN(C(=O)Nc1ccc3c(c1)CCCC(=O)N3)C2. The van der Waals surface area contributed by atoms with E-state index in [0.29, 0.717) is 19.5 Å². The normalized spacial score (nSPS) is 16.4. The van der Waals surface area contributed by atoms with Crippen molar-refractivity contribution in [3.05, 3.63) is 58.7 Å². The minimum absolute atomic E-state index is 0.0575. The van der Waals surface area contributed by atoms with Gasteiger partial charge in [0.15, 0.2) is 0 Å². The number of nitrogens with zero attached hydrogens (tertiary/aromatic N) is 1. The van der Waals surface area contributed by atoms with Crippen molar-refractivity contribution in [2.75, 3.05) is 17.2 Å². The molecule has 5 nitrogen and oxygen atoms in total. The summed E-state index contributed by atoms with van der Waals surface area (Å²) >= 11 is 0. The topological polar surface area (TPSA) is 61.4 Å². The molecule has 0 saturated heterocycles. The smallest absolute Gasteiger partial charge is 0.322 e. The molecule has 2 heterocycles. The van der Waals surface area contributed by atoms with E-state index in [0.717, 1.165) is 36.2 Å². The second kappa shape index (κ2) is 7.54.